The smallest absolute Gasteiger partial charge is 0.345 e. The minimum absolute atomic E-state index is 0.0702. The van der Waals surface area contributed by atoms with Crippen LogP contribution >= 0.6 is 0 Å². The van der Waals surface area contributed by atoms with Gasteiger partial charge < -0.3 is 14.7 Å². The van der Waals surface area contributed by atoms with Crippen LogP contribution in [-0.2, 0) is 24.0 Å². The van der Waals surface area contributed by atoms with E-state index in [4.69, 9.17) is 5.26 Å². The zero-order chi connectivity index (χ0) is 19.0. The molecule has 0 bridgehead atoms. The molecule has 1 aromatic carbocycles. The van der Waals surface area contributed by atoms with Crippen LogP contribution in [0.25, 0.3) is 0 Å². The van der Waals surface area contributed by atoms with Gasteiger partial charge in [-0.3, -0.25) is 0 Å². The van der Waals surface area contributed by atoms with E-state index in [1.165, 1.54) is 0 Å². The first kappa shape index (κ1) is 20.3. The SMILES string of the molecule is COC(=O)C(=C/C(c1ccccc1)=[N+](/[O-])C(OO)C(C)C)C(=O)OC. The lowest BCUT2D eigenvalue weighted by molar-refractivity contribution is -0.609. The Labute approximate surface area is 145 Å². The van der Waals surface area contributed by atoms with Crippen LogP contribution in [0.5, 0.6) is 0 Å². The summed E-state index contributed by atoms with van der Waals surface area (Å²) in [4.78, 5) is 28.0. The molecule has 8 heteroatoms. The average molecular weight is 351 g/mol. The molecular formula is C17H21NO7. The van der Waals surface area contributed by atoms with E-state index in [1.54, 1.807) is 44.2 Å². The van der Waals surface area contributed by atoms with Gasteiger partial charge in [-0.05, 0) is 12.1 Å². The molecule has 0 radical (unpaired) electrons. The van der Waals surface area contributed by atoms with E-state index in [9.17, 15) is 14.8 Å². The highest BCUT2D eigenvalue weighted by atomic mass is 17.1. The molecule has 0 amide bonds. The molecule has 1 atom stereocenters. The van der Waals surface area contributed by atoms with Gasteiger partial charge in [-0.2, -0.15) is 9.63 Å². The molecule has 8 nitrogen and oxygen atoms in total. The van der Waals surface area contributed by atoms with Crippen molar-refractivity contribution in [1.82, 2.24) is 0 Å². The van der Waals surface area contributed by atoms with Crippen LogP contribution in [-0.4, -0.2) is 48.1 Å². The summed E-state index contributed by atoms with van der Waals surface area (Å²) in [5, 5.41) is 21.8. The van der Waals surface area contributed by atoms with Crippen LogP contribution in [0.4, 0.5) is 0 Å². The van der Waals surface area contributed by atoms with Gasteiger partial charge >= 0.3 is 11.9 Å². The lowest BCUT2D eigenvalue weighted by Crippen LogP contribution is -2.34. The number of methoxy groups -OCH3 is 2. The zero-order valence-corrected chi connectivity index (χ0v) is 14.5. The second-order valence-corrected chi connectivity index (χ2v) is 5.36. The second-order valence-electron chi connectivity index (χ2n) is 5.36. The third kappa shape index (κ3) is 5.13. The van der Waals surface area contributed by atoms with Crippen molar-refractivity contribution in [2.24, 2.45) is 5.92 Å². The van der Waals surface area contributed by atoms with Crippen LogP contribution in [0.3, 0.4) is 0 Å². The Hall–Kier alpha value is -2.71. The maximum Gasteiger partial charge on any atom is 0.345 e. The van der Waals surface area contributed by atoms with E-state index in [0.29, 0.717) is 10.3 Å². The van der Waals surface area contributed by atoms with Gasteiger partial charge in [0.15, 0.2) is 5.57 Å². The summed E-state index contributed by atoms with van der Waals surface area (Å²) >= 11 is 0. The predicted octanol–water partition coefficient (Wildman–Crippen LogP) is 1.73. The number of esters is 2. The molecule has 0 aliphatic heterocycles. The molecule has 1 aromatic rings. The van der Waals surface area contributed by atoms with Crippen molar-refractivity contribution in [3.05, 3.63) is 52.8 Å². The summed E-state index contributed by atoms with van der Waals surface area (Å²) in [5.74, 6) is -2.30. The Balaban J connectivity index is 3.64. The van der Waals surface area contributed by atoms with Crippen molar-refractivity contribution in [3.63, 3.8) is 0 Å². The molecule has 1 unspecified atom stereocenters. The fourth-order valence-electron chi connectivity index (χ4n) is 2.01. The number of ether oxygens (including phenoxy) is 2. The Morgan fingerprint density at radius 2 is 1.64 bits per heavy atom. The number of hydroxylamine groups is 1. The first-order chi connectivity index (χ1) is 11.9. The number of hydrogen-bond acceptors (Lipinski definition) is 7. The number of rotatable bonds is 7. The third-order valence-electron chi connectivity index (χ3n) is 3.31. The largest absolute Gasteiger partial charge is 0.621 e. The first-order valence-corrected chi connectivity index (χ1v) is 7.44. The molecular weight excluding hydrogens is 330 g/mol. The minimum atomic E-state index is -1.25. The molecule has 1 rings (SSSR count). The maximum atomic E-state index is 12.7. The van der Waals surface area contributed by atoms with Crippen molar-refractivity contribution >= 4 is 17.7 Å². The molecule has 0 saturated heterocycles. The van der Waals surface area contributed by atoms with Gasteiger partial charge in [0, 0.05) is 17.6 Å². The highest BCUT2D eigenvalue weighted by Gasteiger charge is 2.28. The summed E-state index contributed by atoms with van der Waals surface area (Å²) in [6, 6.07) is 8.31. The van der Waals surface area contributed by atoms with Gasteiger partial charge in [0.1, 0.15) is 0 Å². The predicted molar refractivity (Wildman–Crippen MR) is 88.6 cm³/mol. The summed E-state index contributed by atoms with van der Waals surface area (Å²) in [7, 11) is 2.20. The van der Waals surface area contributed by atoms with Crippen molar-refractivity contribution in [2.45, 2.75) is 20.1 Å². The number of benzene rings is 1. The zero-order valence-electron chi connectivity index (χ0n) is 14.5. The molecule has 0 fully saturated rings. The number of carbonyl (C=O) groups excluding carboxylic acids is 2. The van der Waals surface area contributed by atoms with Crippen molar-refractivity contribution in [3.8, 4) is 0 Å². The lowest BCUT2D eigenvalue weighted by Gasteiger charge is -2.19. The van der Waals surface area contributed by atoms with E-state index in [2.05, 4.69) is 14.4 Å². The van der Waals surface area contributed by atoms with Crippen LogP contribution in [0.15, 0.2) is 42.0 Å². The van der Waals surface area contributed by atoms with Crippen LogP contribution in [0, 0.1) is 11.1 Å². The monoisotopic (exact) mass is 351 g/mol. The van der Waals surface area contributed by atoms with Crippen molar-refractivity contribution in [2.75, 3.05) is 14.2 Å². The van der Waals surface area contributed by atoms with E-state index >= 15 is 0 Å². The Morgan fingerprint density at radius 1 is 1.12 bits per heavy atom. The second kappa shape index (κ2) is 9.55. The normalized spacial score (nSPS) is 12.9. The van der Waals surface area contributed by atoms with Crippen molar-refractivity contribution in [1.29, 1.82) is 0 Å². The topological polar surface area (TPSA) is 108 Å². The Morgan fingerprint density at radius 3 is 2.04 bits per heavy atom. The van der Waals surface area contributed by atoms with Crippen LogP contribution in [0.2, 0.25) is 0 Å². The fraction of sp³-hybridized carbons (Fsp3) is 0.353. The molecule has 0 aromatic heterocycles. The van der Waals surface area contributed by atoms with Gasteiger partial charge in [0.05, 0.1) is 14.2 Å². The van der Waals surface area contributed by atoms with Crippen LogP contribution in [0.1, 0.15) is 19.4 Å². The number of carbonyl (C=O) groups is 2. The molecule has 0 heterocycles. The molecule has 25 heavy (non-hydrogen) atoms. The quantitative estimate of drug-likeness (QED) is 0.0761. The Bertz CT molecular complexity index is 647. The summed E-state index contributed by atoms with van der Waals surface area (Å²) in [6.45, 7) is 3.33. The Kier molecular flexibility index (Phi) is 7.77. The third-order valence-corrected chi connectivity index (χ3v) is 3.31. The summed E-state index contributed by atoms with van der Waals surface area (Å²) < 4.78 is 9.51. The van der Waals surface area contributed by atoms with Gasteiger partial charge in [-0.15, -0.1) is 0 Å². The molecule has 0 spiro atoms. The van der Waals surface area contributed by atoms with Gasteiger partial charge in [0.2, 0.25) is 5.71 Å². The summed E-state index contributed by atoms with van der Waals surface area (Å²) in [6.07, 6.45) is -0.197. The lowest BCUT2D eigenvalue weighted by atomic mass is 10.1. The fourth-order valence-corrected chi connectivity index (χ4v) is 2.01. The first-order valence-electron chi connectivity index (χ1n) is 7.44. The summed E-state index contributed by atoms with van der Waals surface area (Å²) in [5.41, 5.74) is -0.130. The number of hydrogen-bond donors (Lipinski definition) is 1. The van der Waals surface area contributed by atoms with E-state index in [1.807, 2.05) is 0 Å². The maximum absolute atomic E-state index is 12.7. The van der Waals surface area contributed by atoms with E-state index in [-0.39, 0.29) is 11.6 Å². The van der Waals surface area contributed by atoms with Crippen LogP contribution < -0.4 is 0 Å². The average Bonchev–Trinajstić information content (AvgIpc) is 2.62. The highest BCUT2D eigenvalue weighted by Crippen LogP contribution is 2.13. The molecule has 0 aliphatic carbocycles. The van der Waals surface area contributed by atoms with E-state index < -0.39 is 23.7 Å². The standard InChI is InChI=1S/C17H21NO7/c1-11(2)15(25-22)18(21)14(12-8-6-5-7-9-12)10-13(16(19)23-3)17(20)24-4/h5-11,15,22H,1-4H3/b18-14-. The van der Waals surface area contributed by atoms with Gasteiger partial charge in [-0.1, -0.05) is 32.0 Å². The van der Waals surface area contributed by atoms with Gasteiger partial charge in [0.25, 0.3) is 6.23 Å². The number of allylic oxidation sites excluding steroid dienone is 1. The molecule has 1 N–H and O–H groups in total. The van der Waals surface area contributed by atoms with Crippen molar-refractivity contribution < 1.29 is 33.9 Å². The molecule has 0 aliphatic rings. The van der Waals surface area contributed by atoms with E-state index in [0.717, 1.165) is 20.3 Å². The van der Waals surface area contributed by atoms with Gasteiger partial charge in [-0.25, -0.2) is 14.8 Å². The molecule has 136 valence electrons. The molecule has 0 saturated carbocycles. The minimum Gasteiger partial charge on any atom is -0.621 e. The number of nitrogens with zero attached hydrogens (tertiary/aromatic N) is 1. The highest BCUT2D eigenvalue weighted by molar-refractivity contribution is 6.20.